The first kappa shape index (κ1) is 15.9. The molecule has 26 heavy (non-hydrogen) atoms. The molecule has 0 unspecified atom stereocenters. The van der Waals surface area contributed by atoms with Gasteiger partial charge in [-0.25, -0.2) is 14.6 Å². The second-order valence-electron chi connectivity index (χ2n) is 5.68. The van der Waals surface area contributed by atoms with Gasteiger partial charge in [-0.1, -0.05) is 5.21 Å². The number of rotatable bonds is 5. The van der Waals surface area contributed by atoms with Crippen LogP contribution in [0.2, 0.25) is 0 Å². The van der Waals surface area contributed by atoms with Crippen molar-refractivity contribution in [2.45, 2.75) is 6.54 Å². The summed E-state index contributed by atoms with van der Waals surface area (Å²) in [7, 11) is 1.64. The molecule has 3 heterocycles. The van der Waals surface area contributed by atoms with E-state index in [0.29, 0.717) is 12.4 Å². The fourth-order valence-corrected chi connectivity index (χ4v) is 2.53. The highest BCUT2D eigenvalue weighted by Crippen LogP contribution is 2.21. The van der Waals surface area contributed by atoms with E-state index in [4.69, 9.17) is 4.74 Å². The summed E-state index contributed by atoms with van der Waals surface area (Å²) in [6.07, 6.45) is 8.92. The number of benzene rings is 1. The van der Waals surface area contributed by atoms with Crippen molar-refractivity contribution in [1.82, 2.24) is 29.9 Å². The average Bonchev–Trinajstić information content (AvgIpc) is 3.17. The minimum absolute atomic E-state index is 0.639. The maximum absolute atomic E-state index is 5.17. The van der Waals surface area contributed by atoms with Gasteiger partial charge >= 0.3 is 0 Å². The Labute approximate surface area is 150 Å². The lowest BCUT2D eigenvalue weighted by atomic mass is 10.2. The van der Waals surface area contributed by atoms with Gasteiger partial charge in [-0.3, -0.25) is 4.98 Å². The topological polar surface area (TPSA) is 78.6 Å². The number of hydrogen-bond donors (Lipinski definition) is 0. The molecule has 7 nitrogen and oxygen atoms in total. The monoisotopic (exact) mass is 344 g/mol. The third-order valence-corrected chi connectivity index (χ3v) is 3.93. The largest absolute Gasteiger partial charge is 0.497 e. The second kappa shape index (κ2) is 7.10. The van der Waals surface area contributed by atoms with Crippen molar-refractivity contribution >= 4 is 0 Å². The number of pyridine rings is 1. The van der Waals surface area contributed by atoms with Crippen LogP contribution in [0.3, 0.4) is 0 Å². The smallest absolute Gasteiger partial charge is 0.159 e. The molecule has 0 saturated carbocycles. The molecular formula is C19H16N6O. The first-order valence-corrected chi connectivity index (χ1v) is 8.08. The first-order chi connectivity index (χ1) is 12.8. The van der Waals surface area contributed by atoms with Gasteiger partial charge < -0.3 is 4.74 Å². The fraction of sp³-hybridized carbons (Fsp3) is 0.105. The van der Waals surface area contributed by atoms with Crippen LogP contribution in [-0.4, -0.2) is 37.1 Å². The Kier molecular flexibility index (Phi) is 4.34. The normalized spacial score (nSPS) is 10.7. The van der Waals surface area contributed by atoms with Gasteiger partial charge in [-0.15, -0.1) is 5.10 Å². The van der Waals surface area contributed by atoms with Crippen LogP contribution >= 0.6 is 0 Å². The SMILES string of the molecule is COc1ccc(-c2ncc(-c3cn(Cc4ccncc4)nn3)cn2)cc1. The zero-order valence-electron chi connectivity index (χ0n) is 14.1. The molecule has 1 aromatic carbocycles. The van der Waals surface area contributed by atoms with Crippen molar-refractivity contribution in [2.75, 3.05) is 7.11 Å². The van der Waals surface area contributed by atoms with Crippen LogP contribution < -0.4 is 4.74 Å². The molecule has 0 bridgehead atoms. The van der Waals surface area contributed by atoms with Gasteiger partial charge in [0, 0.05) is 35.9 Å². The van der Waals surface area contributed by atoms with Gasteiger partial charge in [0.2, 0.25) is 0 Å². The Morgan fingerprint density at radius 1 is 0.923 bits per heavy atom. The van der Waals surface area contributed by atoms with Crippen LogP contribution in [0.4, 0.5) is 0 Å². The Morgan fingerprint density at radius 2 is 1.65 bits per heavy atom. The molecular weight excluding hydrogens is 328 g/mol. The van der Waals surface area contributed by atoms with E-state index in [1.807, 2.05) is 42.6 Å². The molecule has 0 radical (unpaired) electrons. The summed E-state index contributed by atoms with van der Waals surface area (Å²) in [4.78, 5) is 12.9. The van der Waals surface area contributed by atoms with Crippen molar-refractivity contribution in [3.63, 3.8) is 0 Å². The molecule has 0 atom stereocenters. The molecule has 4 rings (SSSR count). The Balaban J connectivity index is 1.51. The molecule has 0 amide bonds. The zero-order chi connectivity index (χ0) is 17.8. The third-order valence-electron chi connectivity index (χ3n) is 3.93. The van der Waals surface area contributed by atoms with Crippen LogP contribution in [0.25, 0.3) is 22.6 Å². The number of nitrogens with zero attached hydrogens (tertiary/aromatic N) is 6. The average molecular weight is 344 g/mol. The van der Waals surface area contributed by atoms with Crippen LogP contribution in [0.1, 0.15) is 5.56 Å². The summed E-state index contributed by atoms with van der Waals surface area (Å²) in [5.41, 5.74) is 3.60. The van der Waals surface area contributed by atoms with Crippen LogP contribution in [-0.2, 0) is 6.54 Å². The Morgan fingerprint density at radius 3 is 2.35 bits per heavy atom. The molecule has 128 valence electrons. The van der Waals surface area contributed by atoms with E-state index < -0.39 is 0 Å². The van der Waals surface area contributed by atoms with E-state index >= 15 is 0 Å². The summed E-state index contributed by atoms with van der Waals surface area (Å²) in [6.45, 7) is 0.639. The molecule has 0 fully saturated rings. The van der Waals surface area contributed by atoms with E-state index in [-0.39, 0.29) is 0 Å². The minimum atomic E-state index is 0.639. The molecule has 7 heteroatoms. The maximum atomic E-state index is 5.17. The predicted molar refractivity (Wildman–Crippen MR) is 96.4 cm³/mol. The van der Waals surface area contributed by atoms with Crippen LogP contribution in [0, 0.1) is 0 Å². The zero-order valence-corrected chi connectivity index (χ0v) is 14.1. The number of aromatic nitrogens is 6. The standard InChI is InChI=1S/C19H16N6O/c1-26-17-4-2-15(3-5-17)19-21-10-16(11-22-19)18-13-25(24-23-18)12-14-6-8-20-9-7-14/h2-11,13H,12H2,1H3. The van der Waals surface area contributed by atoms with Gasteiger partial charge in [0.1, 0.15) is 11.4 Å². The quantitative estimate of drug-likeness (QED) is 0.554. The van der Waals surface area contributed by atoms with E-state index in [2.05, 4.69) is 25.3 Å². The van der Waals surface area contributed by atoms with Gasteiger partial charge in [-0.2, -0.15) is 0 Å². The summed E-state index contributed by atoms with van der Waals surface area (Å²) in [5.74, 6) is 1.46. The van der Waals surface area contributed by atoms with Crippen LogP contribution in [0.5, 0.6) is 5.75 Å². The summed E-state index contributed by atoms with van der Waals surface area (Å²) in [6, 6.07) is 11.5. The number of ether oxygens (including phenoxy) is 1. The van der Waals surface area contributed by atoms with Gasteiger partial charge in [0.15, 0.2) is 5.82 Å². The Hall–Kier alpha value is -3.61. The molecule has 4 aromatic rings. The molecule has 3 aromatic heterocycles. The van der Waals surface area contributed by atoms with E-state index in [1.54, 1.807) is 36.6 Å². The van der Waals surface area contributed by atoms with Crippen molar-refractivity contribution in [2.24, 2.45) is 0 Å². The van der Waals surface area contributed by atoms with Gasteiger partial charge in [-0.05, 0) is 42.0 Å². The Bertz CT molecular complexity index is 981. The second-order valence-corrected chi connectivity index (χ2v) is 5.68. The molecule has 0 spiro atoms. The fourth-order valence-electron chi connectivity index (χ4n) is 2.53. The lowest BCUT2D eigenvalue weighted by Crippen LogP contribution is -2.00. The van der Waals surface area contributed by atoms with Gasteiger partial charge in [0.05, 0.1) is 19.9 Å². The number of hydrogen-bond acceptors (Lipinski definition) is 6. The van der Waals surface area contributed by atoms with E-state index in [1.165, 1.54) is 0 Å². The van der Waals surface area contributed by atoms with Crippen LogP contribution in [0.15, 0.2) is 67.4 Å². The highest BCUT2D eigenvalue weighted by Gasteiger charge is 2.07. The third kappa shape index (κ3) is 3.41. The van der Waals surface area contributed by atoms with Crippen molar-refractivity contribution < 1.29 is 4.74 Å². The van der Waals surface area contributed by atoms with E-state index in [0.717, 1.165) is 28.1 Å². The maximum Gasteiger partial charge on any atom is 0.159 e. The lowest BCUT2D eigenvalue weighted by molar-refractivity contribution is 0.415. The molecule has 0 N–H and O–H groups in total. The highest BCUT2D eigenvalue weighted by atomic mass is 16.5. The van der Waals surface area contributed by atoms with Crippen molar-refractivity contribution in [1.29, 1.82) is 0 Å². The van der Waals surface area contributed by atoms with Crippen molar-refractivity contribution in [3.05, 3.63) is 72.9 Å². The molecule has 0 aliphatic heterocycles. The molecule has 0 saturated heterocycles. The highest BCUT2D eigenvalue weighted by molar-refractivity contribution is 5.60. The van der Waals surface area contributed by atoms with Gasteiger partial charge in [0.25, 0.3) is 0 Å². The first-order valence-electron chi connectivity index (χ1n) is 8.08. The summed E-state index contributed by atoms with van der Waals surface area (Å²) < 4.78 is 6.94. The molecule has 0 aliphatic rings. The summed E-state index contributed by atoms with van der Waals surface area (Å²) in [5, 5.41) is 8.37. The summed E-state index contributed by atoms with van der Waals surface area (Å²) >= 11 is 0. The predicted octanol–water partition coefficient (Wildman–Crippen LogP) is 2.85. The molecule has 0 aliphatic carbocycles. The van der Waals surface area contributed by atoms with E-state index in [9.17, 15) is 0 Å². The van der Waals surface area contributed by atoms with Crippen molar-refractivity contribution in [3.8, 4) is 28.4 Å². The number of methoxy groups -OCH3 is 1. The lowest BCUT2D eigenvalue weighted by Gasteiger charge is -2.03. The minimum Gasteiger partial charge on any atom is -0.497 e.